The molecular weight excluding hydrogens is 174 g/mol. The third-order valence-electron chi connectivity index (χ3n) is 1.98. The molecule has 0 spiro atoms. The van der Waals surface area contributed by atoms with E-state index < -0.39 is 0 Å². The molecular formula is C11H17N3. The molecule has 0 amide bonds. The quantitative estimate of drug-likeness (QED) is 0.574. The first-order valence-electron chi connectivity index (χ1n) is 4.91. The molecule has 3 nitrogen and oxygen atoms in total. The molecule has 1 N–H and O–H groups in total. The molecule has 1 rings (SSSR count). The Bertz CT molecular complexity index is 341. The van der Waals surface area contributed by atoms with Crippen molar-refractivity contribution in [2.24, 2.45) is 0 Å². The average Bonchev–Trinajstić information content (AvgIpc) is 2.54. The van der Waals surface area contributed by atoms with Crippen LogP contribution in [0.2, 0.25) is 0 Å². The van der Waals surface area contributed by atoms with Gasteiger partial charge in [-0.1, -0.05) is 5.92 Å². The molecule has 0 atom stereocenters. The summed E-state index contributed by atoms with van der Waals surface area (Å²) in [5.41, 5.74) is 2.30. The summed E-state index contributed by atoms with van der Waals surface area (Å²) in [7, 11) is 0. The van der Waals surface area contributed by atoms with Crippen LogP contribution < -0.4 is 5.32 Å². The van der Waals surface area contributed by atoms with Crippen LogP contribution in [0.25, 0.3) is 0 Å². The summed E-state index contributed by atoms with van der Waals surface area (Å²) < 4.78 is 2.02. The molecule has 0 saturated carbocycles. The minimum atomic E-state index is 0.741. The second-order valence-electron chi connectivity index (χ2n) is 3.12. The monoisotopic (exact) mass is 191 g/mol. The van der Waals surface area contributed by atoms with Gasteiger partial charge in [0.2, 0.25) is 0 Å². The first kappa shape index (κ1) is 10.8. The van der Waals surface area contributed by atoms with Crippen LogP contribution in [0.15, 0.2) is 6.07 Å². The smallest absolute Gasteiger partial charge is 0.0597 e. The molecule has 1 aromatic rings. The van der Waals surface area contributed by atoms with Crippen LogP contribution in [0.5, 0.6) is 0 Å². The highest BCUT2D eigenvalue weighted by atomic mass is 15.3. The summed E-state index contributed by atoms with van der Waals surface area (Å²) in [6, 6.07) is 2.11. The van der Waals surface area contributed by atoms with Gasteiger partial charge in [-0.2, -0.15) is 5.10 Å². The summed E-state index contributed by atoms with van der Waals surface area (Å²) in [6.45, 7) is 8.46. The lowest BCUT2D eigenvalue weighted by atomic mass is 10.3. The SMILES string of the molecule is CC#CCNCc1cc(C)nn1CC. The summed E-state index contributed by atoms with van der Waals surface area (Å²) in [6.07, 6.45) is 0. The number of aryl methyl sites for hydroxylation is 2. The number of rotatable bonds is 4. The van der Waals surface area contributed by atoms with Gasteiger partial charge in [0.1, 0.15) is 0 Å². The largest absolute Gasteiger partial charge is 0.301 e. The van der Waals surface area contributed by atoms with Crippen LogP contribution in [0.3, 0.4) is 0 Å². The molecule has 0 unspecified atom stereocenters. The summed E-state index contributed by atoms with van der Waals surface area (Å²) in [4.78, 5) is 0. The van der Waals surface area contributed by atoms with E-state index in [1.165, 1.54) is 5.69 Å². The van der Waals surface area contributed by atoms with E-state index in [0.29, 0.717) is 0 Å². The Morgan fingerprint density at radius 3 is 3.00 bits per heavy atom. The fourth-order valence-electron chi connectivity index (χ4n) is 1.36. The van der Waals surface area contributed by atoms with E-state index in [1.807, 2.05) is 18.5 Å². The molecule has 0 aliphatic heterocycles. The molecule has 1 aromatic heterocycles. The van der Waals surface area contributed by atoms with Crippen LogP contribution in [0.4, 0.5) is 0 Å². The maximum Gasteiger partial charge on any atom is 0.0597 e. The second kappa shape index (κ2) is 5.46. The van der Waals surface area contributed by atoms with Crippen molar-refractivity contribution in [2.75, 3.05) is 6.54 Å². The van der Waals surface area contributed by atoms with Gasteiger partial charge in [-0.15, -0.1) is 5.92 Å². The maximum absolute atomic E-state index is 4.37. The molecule has 76 valence electrons. The van der Waals surface area contributed by atoms with Crippen molar-refractivity contribution in [1.82, 2.24) is 15.1 Å². The van der Waals surface area contributed by atoms with E-state index in [2.05, 4.69) is 35.2 Å². The molecule has 1 heterocycles. The Balaban J connectivity index is 2.51. The van der Waals surface area contributed by atoms with E-state index in [9.17, 15) is 0 Å². The van der Waals surface area contributed by atoms with Crippen LogP contribution in [0, 0.1) is 18.8 Å². The van der Waals surface area contributed by atoms with Crippen LogP contribution in [0.1, 0.15) is 25.2 Å². The van der Waals surface area contributed by atoms with Gasteiger partial charge in [-0.05, 0) is 26.8 Å². The van der Waals surface area contributed by atoms with E-state index in [1.54, 1.807) is 0 Å². The van der Waals surface area contributed by atoms with Crippen molar-refractivity contribution in [2.45, 2.75) is 33.9 Å². The van der Waals surface area contributed by atoms with Crippen LogP contribution >= 0.6 is 0 Å². The van der Waals surface area contributed by atoms with E-state index in [0.717, 1.165) is 25.3 Å². The van der Waals surface area contributed by atoms with Crippen molar-refractivity contribution in [3.8, 4) is 11.8 Å². The minimum Gasteiger partial charge on any atom is -0.301 e. The lowest BCUT2D eigenvalue weighted by Gasteiger charge is -2.03. The first-order valence-corrected chi connectivity index (χ1v) is 4.91. The Morgan fingerprint density at radius 2 is 2.36 bits per heavy atom. The van der Waals surface area contributed by atoms with Crippen molar-refractivity contribution < 1.29 is 0 Å². The highest BCUT2D eigenvalue weighted by Crippen LogP contribution is 2.02. The molecule has 0 bridgehead atoms. The predicted molar refractivity (Wildman–Crippen MR) is 57.8 cm³/mol. The van der Waals surface area contributed by atoms with E-state index in [-0.39, 0.29) is 0 Å². The number of hydrogen-bond acceptors (Lipinski definition) is 2. The van der Waals surface area contributed by atoms with Crippen molar-refractivity contribution in [3.63, 3.8) is 0 Å². The standard InChI is InChI=1S/C11H17N3/c1-4-6-7-12-9-11-8-10(3)13-14(11)5-2/h8,12H,5,7,9H2,1-3H3. The summed E-state index contributed by atoms with van der Waals surface area (Å²) in [5, 5.41) is 7.62. The van der Waals surface area contributed by atoms with Crippen molar-refractivity contribution in [3.05, 3.63) is 17.5 Å². The topological polar surface area (TPSA) is 29.9 Å². The number of hydrogen-bond donors (Lipinski definition) is 1. The molecule has 0 fully saturated rings. The number of nitrogens with zero attached hydrogens (tertiary/aromatic N) is 2. The molecule has 0 aliphatic carbocycles. The van der Waals surface area contributed by atoms with E-state index >= 15 is 0 Å². The highest BCUT2D eigenvalue weighted by molar-refractivity contribution is 5.09. The molecule has 0 radical (unpaired) electrons. The fraction of sp³-hybridized carbons (Fsp3) is 0.545. The van der Waals surface area contributed by atoms with Gasteiger partial charge < -0.3 is 5.32 Å². The maximum atomic E-state index is 4.37. The van der Waals surface area contributed by atoms with Gasteiger partial charge >= 0.3 is 0 Å². The molecule has 14 heavy (non-hydrogen) atoms. The molecule has 0 aromatic carbocycles. The highest BCUT2D eigenvalue weighted by Gasteiger charge is 2.01. The third kappa shape index (κ3) is 2.90. The van der Waals surface area contributed by atoms with E-state index in [4.69, 9.17) is 0 Å². The van der Waals surface area contributed by atoms with Crippen molar-refractivity contribution in [1.29, 1.82) is 0 Å². The Kier molecular flexibility index (Phi) is 4.21. The van der Waals surface area contributed by atoms with Crippen LogP contribution in [-0.2, 0) is 13.1 Å². The predicted octanol–water partition coefficient (Wildman–Crippen LogP) is 1.32. The van der Waals surface area contributed by atoms with Gasteiger partial charge in [0.05, 0.1) is 17.9 Å². The zero-order chi connectivity index (χ0) is 10.4. The van der Waals surface area contributed by atoms with Gasteiger partial charge in [0, 0.05) is 13.1 Å². The van der Waals surface area contributed by atoms with Crippen LogP contribution in [-0.4, -0.2) is 16.3 Å². The zero-order valence-electron chi connectivity index (χ0n) is 9.09. The third-order valence-corrected chi connectivity index (χ3v) is 1.98. The lowest BCUT2D eigenvalue weighted by Crippen LogP contribution is -2.16. The number of aromatic nitrogens is 2. The summed E-state index contributed by atoms with van der Waals surface area (Å²) >= 11 is 0. The second-order valence-corrected chi connectivity index (χ2v) is 3.12. The Hall–Kier alpha value is -1.27. The Morgan fingerprint density at radius 1 is 1.57 bits per heavy atom. The van der Waals surface area contributed by atoms with Gasteiger partial charge in [-0.3, -0.25) is 4.68 Å². The normalized spacial score (nSPS) is 9.64. The molecule has 3 heteroatoms. The molecule has 0 aliphatic rings. The fourth-order valence-corrected chi connectivity index (χ4v) is 1.36. The van der Waals surface area contributed by atoms with Gasteiger partial charge in [-0.25, -0.2) is 0 Å². The summed E-state index contributed by atoms with van der Waals surface area (Å²) in [5.74, 6) is 5.82. The molecule has 0 saturated heterocycles. The zero-order valence-corrected chi connectivity index (χ0v) is 9.09. The number of nitrogens with one attached hydrogen (secondary N) is 1. The van der Waals surface area contributed by atoms with Gasteiger partial charge in [0.25, 0.3) is 0 Å². The van der Waals surface area contributed by atoms with Gasteiger partial charge in [0.15, 0.2) is 0 Å². The lowest BCUT2D eigenvalue weighted by molar-refractivity contribution is 0.594. The van der Waals surface area contributed by atoms with Crippen molar-refractivity contribution >= 4 is 0 Å². The Labute approximate surface area is 85.5 Å². The average molecular weight is 191 g/mol. The first-order chi connectivity index (χ1) is 6.77. The minimum absolute atomic E-state index is 0.741.